The topological polar surface area (TPSA) is 85.9 Å². The molecule has 0 bridgehead atoms. The van der Waals surface area contributed by atoms with Crippen LogP contribution in [0.2, 0.25) is 0 Å². The molecule has 0 radical (unpaired) electrons. The second kappa shape index (κ2) is 8.16. The number of hydrogen-bond acceptors (Lipinski definition) is 4. The third-order valence-corrected chi connectivity index (χ3v) is 7.44. The number of methoxy groups -OCH3 is 1. The molecule has 1 aromatic heterocycles. The van der Waals surface area contributed by atoms with Gasteiger partial charge >= 0.3 is 6.03 Å². The Balaban J connectivity index is 1.48. The molecule has 0 unspecified atom stereocenters. The fraction of sp³-hybridized carbons (Fsp3) is 0.185. The molecule has 0 spiro atoms. The summed E-state index contributed by atoms with van der Waals surface area (Å²) in [6.07, 6.45) is 0.437. The summed E-state index contributed by atoms with van der Waals surface area (Å²) in [5.74, 6) is 0.123. The van der Waals surface area contributed by atoms with Crippen molar-refractivity contribution in [2.75, 3.05) is 7.11 Å². The highest BCUT2D eigenvalue weighted by Gasteiger charge is 2.52. The summed E-state index contributed by atoms with van der Waals surface area (Å²) in [6.45, 7) is 0.207. The van der Waals surface area contributed by atoms with Gasteiger partial charge in [-0.25, -0.2) is 4.79 Å². The summed E-state index contributed by atoms with van der Waals surface area (Å²) >= 11 is 3.43. The highest BCUT2D eigenvalue weighted by molar-refractivity contribution is 9.10. The molecule has 35 heavy (non-hydrogen) atoms. The zero-order chi connectivity index (χ0) is 24.3. The van der Waals surface area contributed by atoms with E-state index < -0.39 is 12.1 Å². The molecule has 3 amide bonds. The number of H-pyrrole nitrogens is 1. The minimum atomic E-state index is -0.616. The molecule has 2 atom stereocenters. The number of phenols is 1. The van der Waals surface area contributed by atoms with Crippen LogP contribution in [0.5, 0.6) is 11.5 Å². The second-order valence-electron chi connectivity index (χ2n) is 8.86. The largest absolute Gasteiger partial charge is 0.504 e. The summed E-state index contributed by atoms with van der Waals surface area (Å²) in [4.78, 5) is 33.9. The number of aromatic amines is 1. The van der Waals surface area contributed by atoms with E-state index in [2.05, 4.69) is 20.9 Å². The van der Waals surface area contributed by atoms with E-state index in [-0.39, 0.29) is 24.2 Å². The third kappa shape index (κ3) is 3.39. The van der Waals surface area contributed by atoms with Crippen LogP contribution in [0, 0.1) is 0 Å². The van der Waals surface area contributed by atoms with Crippen LogP contribution in [-0.4, -0.2) is 45.0 Å². The monoisotopic (exact) mass is 531 g/mol. The van der Waals surface area contributed by atoms with E-state index in [1.807, 2.05) is 48.5 Å². The first kappa shape index (κ1) is 21.7. The average molecular weight is 532 g/mol. The van der Waals surface area contributed by atoms with Gasteiger partial charge in [-0.05, 0) is 47.0 Å². The van der Waals surface area contributed by atoms with Crippen LogP contribution >= 0.6 is 15.9 Å². The number of benzene rings is 3. The maximum Gasteiger partial charge on any atom is 0.328 e. The quantitative estimate of drug-likeness (QED) is 0.357. The van der Waals surface area contributed by atoms with Crippen molar-refractivity contribution in [3.8, 4) is 11.5 Å². The second-order valence-corrected chi connectivity index (χ2v) is 9.77. The Kier molecular flexibility index (Phi) is 5.07. The van der Waals surface area contributed by atoms with Crippen LogP contribution in [0.3, 0.4) is 0 Å². The summed E-state index contributed by atoms with van der Waals surface area (Å²) in [5.41, 5.74) is 4.50. The van der Waals surface area contributed by atoms with Crippen molar-refractivity contribution in [1.82, 2.24) is 14.8 Å². The first-order valence-corrected chi connectivity index (χ1v) is 12.1. The van der Waals surface area contributed by atoms with E-state index >= 15 is 0 Å². The number of para-hydroxylation sites is 1. The van der Waals surface area contributed by atoms with Gasteiger partial charge in [0.2, 0.25) is 0 Å². The highest BCUT2D eigenvalue weighted by atomic mass is 79.9. The van der Waals surface area contributed by atoms with E-state index in [9.17, 15) is 14.7 Å². The summed E-state index contributed by atoms with van der Waals surface area (Å²) in [5, 5.41) is 11.2. The number of carbonyl (C=O) groups excluding carboxylic acids is 2. The minimum Gasteiger partial charge on any atom is -0.504 e. The SMILES string of the molecule is COc1cc([C@@H]2c3[nH]c4ccccc4c3C[C@@H]3C(=O)N(Cc4ccc(Br)cc4)C(=O)N23)ccc1O. The molecule has 2 N–H and O–H groups in total. The van der Waals surface area contributed by atoms with Crippen LogP contribution in [0.4, 0.5) is 4.79 Å². The smallest absolute Gasteiger partial charge is 0.328 e. The molecular formula is C27H22BrN3O4. The van der Waals surface area contributed by atoms with Crippen molar-refractivity contribution in [2.45, 2.75) is 25.0 Å². The third-order valence-electron chi connectivity index (χ3n) is 6.91. The Morgan fingerprint density at radius 1 is 1.09 bits per heavy atom. The molecular weight excluding hydrogens is 510 g/mol. The number of hydrogen-bond donors (Lipinski definition) is 2. The Morgan fingerprint density at radius 3 is 2.63 bits per heavy atom. The van der Waals surface area contributed by atoms with E-state index in [4.69, 9.17) is 4.74 Å². The predicted molar refractivity (Wildman–Crippen MR) is 134 cm³/mol. The Labute approximate surface area is 210 Å². The number of halogens is 1. The molecule has 2 aliphatic rings. The molecule has 3 aromatic carbocycles. The Bertz CT molecular complexity index is 1480. The lowest BCUT2D eigenvalue weighted by molar-refractivity contribution is -0.129. The summed E-state index contributed by atoms with van der Waals surface area (Å²) in [7, 11) is 1.49. The molecule has 3 heterocycles. The van der Waals surface area contributed by atoms with Crippen molar-refractivity contribution in [3.63, 3.8) is 0 Å². The Hall–Kier alpha value is -3.78. The number of aromatic hydroxyl groups is 1. The molecule has 1 fully saturated rings. The van der Waals surface area contributed by atoms with Gasteiger partial charge in [0.1, 0.15) is 12.1 Å². The molecule has 0 saturated carbocycles. The van der Waals surface area contributed by atoms with Gasteiger partial charge in [0.15, 0.2) is 11.5 Å². The van der Waals surface area contributed by atoms with Crippen molar-refractivity contribution in [2.24, 2.45) is 0 Å². The van der Waals surface area contributed by atoms with Crippen molar-refractivity contribution < 1.29 is 19.4 Å². The number of amides is 3. The van der Waals surface area contributed by atoms with E-state index in [1.165, 1.54) is 12.0 Å². The van der Waals surface area contributed by atoms with Gasteiger partial charge in [0, 0.05) is 27.5 Å². The van der Waals surface area contributed by atoms with Crippen molar-refractivity contribution >= 4 is 38.8 Å². The molecule has 0 aliphatic carbocycles. The van der Waals surface area contributed by atoms with Crippen LogP contribution < -0.4 is 4.74 Å². The number of nitrogens with one attached hydrogen (secondary N) is 1. The lowest BCUT2D eigenvalue weighted by Gasteiger charge is -2.36. The molecule has 176 valence electrons. The predicted octanol–water partition coefficient (Wildman–Crippen LogP) is 5.12. The van der Waals surface area contributed by atoms with Gasteiger partial charge in [-0.2, -0.15) is 0 Å². The fourth-order valence-corrected chi connectivity index (χ4v) is 5.52. The fourth-order valence-electron chi connectivity index (χ4n) is 5.26. The number of rotatable bonds is 4. The Morgan fingerprint density at radius 2 is 1.86 bits per heavy atom. The first-order valence-electron chi connectivity index (χ1n) is 11.3. The van der Waals surface area contributed by atoms with E-state index in [1.54, 1.807) is 23.1 Å². The lowest BCUT2D eigenvalue weighted by atomic mass is 9.88. The number of carbonyl (C=O) groups is 2. The van der Waals surface area contributed by atoms with Crippen LogP contribution in [0.1, 0.15) is 28.4 Å². The lowest BCUT2D eigenvalue weighted by Crippen LogP contribution is -2.44. The number of phenolic OH excluding ortho intramolecular Hbond substituents is 1. The maximum absolute atomic E-state index is 13.8. The minimum absolute atomic E-state index is 0.0150. The van der Waals surface area contributed by atoms with Gasteiger partial charge < -0.3 is 14.8 Å². The van der Waals surface area contributed by atoms with E-state index in [0.717, 1.165) is 37.8 Å². The number of aromatic nitrogens is 1. The highest BCUT2D eigenvalue weighted by Crippen LogP contribution is 2.45. The normalized spacial score (nSPS) is 19.3. The van der Waals surface area contributed by atoms with Crippen molar-refractivity contribution in [1.29, 1.82) is 0 Å². The van der Waals surface area contributed by atoms with Gasteiger partial charge in [-0.3, -0.25) is 14.6 Å². The first-order chi connectivity index (χ1) is 17.0. The van der Waals surface area contributed by atoms with Gasteiger partial charge in [-0.1, -0.05) is 52.3 Å². The molecule has 4 aromatic rings. The molecule has 2 aliphatic heterocycles. The maximum atomic E-state index is 13.8. The standard InChI is InChI=1S/C27H22BrN3O4/c1-35-23-12-16(8-11-22(23)32)25-24-19(18-4-2-3-5-20(18)29-24)13-21-26(33)30(27(34)31(21)25)14-15-6-9-17(28)10-7-15/h2-12,21,25,29,32H,13-14H2,1H3/t21-,25-/m1/s1. The molecule has 6 rings (SSSR count). The number of nitrogens with zero attached hydrogens (tertiary/aromatic N) is 2. The zero-order valence-corrected chi connectivity index (χ0v) is 20.5. The number of ether oxygens (including phenoxy) is 1. The average Bonchev–Trinajstić information content (AvgIpc) is 3.35. The van der Waals surface area contributed by atoms with Gasteiger partial charge in [0.25, 0.3) is 5.91 Å². The number of urea groups is 1. The van der Waals surface area contributed by atoms with Crippen LogP contribution in [0.25, 0.3) is 10.9 Å². The molecule has 8 heteroatoms. The summed E-state index contributed by atoms with van der Waals surface area (Å²) in [6, 6.07) is 19.2. The number of imide groups is 1. The van der Waals surface area contributed by atoms with Crippen molar-refractivity contribution in [3.05, 3.63) is 93.6 Å². The van der Waals surface area contributed by atoms with Crippen LogP contribution in [0.15, 0.2) is 71.2 Å². The van der Waals surface area contributed by atoms with Crippen LogP contribution in [-0.2, 0) is 17.8 Å². The van der Waals surface area contributed by atoms with Gasteiger partial charge in [-0.15, -0.1) is 0 Å². The zero-order valence-electron chi connectivity index (χ0n) is 18.9. The molecule has 7 nitrogen and oxygen atoms in total. The van der Waals surface area contributed by atoms with E-state index in [0.29, 0.717) is 12.2 Å². The summed E-state index contributed by atoms with van der Waals surface area (Å²) < 4.78 is 6.28. The van der Waals surface area contributed by atoms with Gasteiger partial charge in [0.05, 0.1) is 13.7 Å². The molecule has 1 saturated heterocycles. The number of fused-ring (bicyclic) bond motifs is 4.